The number of carboxylic acid groups (broad SMARTS) is 1. The normalized spacial score (nSPS) is 20.0. The summed E-state index contributed by atoms with van der Waals surface area (Å²) in [4.78, 5) is 26.9. The number of anilines is 1. The molecule has 0 bridgehead atoms. The molecule has 9 nitrogen and oxygen atoms in total. The zero-order chi connectivity index (χ0) is 20.6. The SMILES string of the molecule is O=C(O)c1ccn2nc([C@H]3CCC[C@@H](Nc4ncc(C(F)(F)F)cn4)C3)nc2n1. The van der Waals surface area contributed by atoms with Crippen molar-refractivity contribution in [2.75, 3.05) is 5.32 Å². The molecule has 0 unspecified atom stereocenters. The number of aromatic carboxylic acids is 1. The van der Waals surface area contributed by atoms with Crippen LogP contribution in [-0.2, 0) is 6.18 Å². The lowest BCUT2D eigenvalue weighted by Gasteiger charge is -2.28. The second kappa shape index (κ2) is 7.26. The van der Waals surface area contributed by atoms with Gasteiger partial charge < -0.3 is 10.4 Å². The fourth-order valence-electron chi connectivity index (χ4n) is 3.37. The van der Waals surface area contributed by atoms with Crippen LogP contribution in [0.25, 0.3) is 5.78 Å². The summed E-state index contributed by atoms with van der Waals surface area (Å²) in [6.07, 6.45) is 1.70. The highest BCUT2D eigenvalue weighted by Gasteiger charge is 2.32. The third-order valence-corrected chi connectivity index (χ3v) is 4.79. The molecule has 29 heavy (non-hydrogen) atoms. The number of nitrogens with one attached hydrogen (secondary N) is 1. The van der Waals surface area contributed by atoms with E-state index in [0.29, 0.717) is 12.2 Å². The van der Waals surface area contributed by atoms with Crippen molar-refractivity contribution in [2.45, 2.75) is 43.8 Å². The zero-order valence-electron chi connectivity index (χ0n) is 15.0. The molecular weight excluding hydrogens is 391 g/mol. The molecule has 1 aliphatic carbocycles. The van der Waals surface area contributed by atoms with Gasteiger partial charge in [0.2, 0.25) is 5.95 Å². The summed E-state index contributed by atoms with van der Waals surface area (Å²) in [6, 6.07) is 1.31. The average Bonchev–Trinajstić information content (AvgIpc) is 3.11. The van der Waals surface area contributed by atoms with Gasteiger partial charge in [-0.25, -0.2) is 24.3 Å². The van der Waals surface area contributed by atoms with Crippen molar-refractivity contribution in [1.82, 2.24) is 29.5 Å². The van der Waals surface area contributed by atoms with Gasteiger partial charge in [0.25, 0.3) is 5.78 Å². The maximum Gasteiger partial charge on any atom is 0.419 e. The molecular formula is C17H16F3N7O2. The van der Waals surface area contributed by atoms with Crippen LogP contribution in [0.15, 0.2) is 24.7 Å². The fraction of sp³-hybridized carbons (Fsp3) is 0.412. The molecule has 0 radical (unpaired) electrons. The van der Waals surface area contributed by atoms with E-state index in [0.717, 1.165) is 31.7 Å². The molecule has 3 aromatic rings. The molecule has 1 aliphatic rings. The van der Waals surface area contributed by atoms with E-state index >= 15 is 0 Å². The second-order valence-electron chi connectivity index (χ2n) is 6.83. The monoisotopic (exact) mass is 407 g/mol. The van der Waals surface area contributed by atoms with Crippen LogP contribution < -0.4 is 5.32 Å². The maximum absolute atomic E-state index is 12.6. The van der Waals surface area contributed by atoms with Crippen molar-refractivity contribution in [2.24, 2.45) is 0 Å². The topological polar surface area (TPSA) is 118 Å². The van der Waals surface area contributed by atoms with Crippen molar-refractivity contribution >= 4 is 17.7 Å². The van der Waals surface area contributed by atoms with E-state index in [-0.39, 0.29) is 29.4 Å². The smallest absolute Gasteiger partial charge is 0.419 e. The highest BCUT2D eigenvalue weighted by Crippen LogP contribution is 2.33. The fourth-order valence-corrected chi connectivity index (χ4v) is 3.37. The predicted molar refractivity (Wildman–Crippen MR) is 93.4 cm³/mol. The van der Waals surface area contributed by atoms with Crippen molar-refractivity contribution in [3.8, 4) is 0 Å². The molecule has 0 saturated heterocycles. The Morgan fingerprint density at radius 3 is 2.66 bits per heavy atom. The van der Waals surface area contributed by atoms with Crippen molar-refractivity contribution in [3.63, 3.8) is 0 Å². The quantitative estimate of drug-likeness (QED) is 0.678. The molecule has 3 heterocycles. The Labute approximate surface area is 162 Å². The van der Waals surface area contributed by atoms with Gasteiger partial charge in [0.15, 0.2) is 11.5 Å². The summed E-state index contributed by atoms with van der Waals surface area (Å²) < 4.78 is 39.3. The maximum atomic E-state index is 12.6. The summed E-state index contributed by atoms with van der Waals surface area (Å²) >= 11 is 0. The standard InChI is InChI=1S/C17H16F3N7O2/c18-17(19,20)10-7-21-15(22-8-10)23-11-3-1-2-9(6-11)13-25-16-24-12(14(28)29)4-5-27(16)26-13/h4-5,7-9,11H,1-3,6H2,(H,28,29)(H,21,22,23)/t9-,11+/m0/s1. The van der Waals surface area contributed by atoms with Crippen LogP contribution in [0.2, 0.25) is 0 Å². The molecule has 2 N–H and O–H groups in total. The number of nitrogens with zero attached hydrogens (tertiary/aromatic N) is 6. The van der Waals surface area contributed by atoms with E-state index in [4.69, 9.17) is 5.11 Å². The van der Waals surface area contributed by atoms with Crippen LogP contribution in [0, 0.1) is 0 Å². The summed E-state index contributed by atoms with van der Waals surface area (Å²) in [5, 5.41) is 16.5. The minimum atomic E-state index is -4.47. The number of fused-ring (bicyclic) bond motifs is 1. The van der Waals surface area contributed by atoms with Crippen LogP contribution in [-0.4, -0.2) is 46.7 Å². The van der Waals surface area contributed by atoms with Gasteiger partial charge in [-0.2, -0.15) is 18.2 Å². The largest absolute Gasteiger partial charge is 0.477 e. The number of rotatable bonds is 4. The van der Waals surface area contributed by atoms with Gasteiger partial charge in [-0.3, -0.25) is 0 Å². The zero-order valence-corrected chi connectivity index (χ0v) is 15.0. The first kappa shape index (κ1) is 19.0. The summed E-state index contributed by atoms with van der Waals surface area (Å²) in [6.45, 7) is 0. The molecule has 4 rings (SSSR count). The first-order valence-corrected chi connectivity index (χ1v) is 8.92. The number of carboxylic acids is 1. The number of alkyl halides is 3. The number of hydrogen-bond acceptors (Lipinski definition) is 7. The van der Waals surface area contributed by atoms with Crippen LogP contribution in [0.1, 0.15) is 53.5 Å². The van der Waals surface area contributed by atoms with Crippen LogP contribution >= 0.6 is 0 Å². The molecule has 0 aromatic carbocycles. The molecule has 2 atom stereocenters. The Bertz CT molecular complexity index is 1040. The van der Waals surface area contributed by atoms with Crippen molar-refractivity contribution in [1.29, 1.82) is 0 Å². The van der Waals surface area contributed by atoms with Crippen molar-refractivity contribution in [3.05, 3.63) is 41.7 Å². The molecule has 1 saturated carbocycles. The Morgan fingerprint density at radius 1 is 1.21 bits per heavy atom. The van der Waals surface area contributed by atoms with Gasteiger partial charge in [0.05, 0.1) is 5.56 Å². The van der Waals surface area contributed by atoms with Gasteiger partial charge >= 0.3 is 12.1 Å². The Kier molecular flexibility index (Phi) is 4.76. The molecule has 0 aliphatic heterocycles. The summed E-state index contributed by atoms with van der Waals surface area (Å²) in [7, 11) is 0. The highest BCUT2D eigenvalue weighted by molar-refractivity contribution is 5.85. The molecule has 0 spiro atoms. The van der Waals surface area contributed by atoms with E-state index in [1.165, 1.54) is 16.8 Å². The van der Waals surface area contributed by atoms with E-state index < -0.39 is 17.7 Å². The van der Waals surface area contributed by atoms with E-state index in [1.807, 2.05) is 0 Å². The van der Waals surface area contributed by atoms with Gasteiger partial charge in [0, 0.05) is 30.6 Å². The number of hydrogen-bond donors (Lipinski definition) is 2. The first-order valence-electron chi connectivity index (χ1n) is 8.92. The number of halogens is 3. The van der Waals surface area contributed by atoms with E-state index in [9.17, 15) is 18.0 Å². The minimum Gasteiger partial charge on any atom is -0.477 e. The third-order valence-electron chi connectivity index (χ3n) is 4.79. The molecule has 12 heteroatoms. The van der Waals surface area contributed by atoms with Gasteiger partial charge in [0.1, 0.15) is 0 Å². The number of aromatic nitrogens is 6. The van der Waals surface area contributed by atoms with Crippen molar-refractivity contribution < 1.29 is 23.1 Å². The molecule has 152 valence electrons. The van der Waals surface area contributed by atoms with E-state index in [2.05, 4.69) is 30.4 Å². The van der Waals surface area contributed by atoms with Crippen LogP contribution in [0.5, 0.6) is 0 Å². The number of carbonyl (C=O) groups is 1. The second-order valence-corrected chi connectivity index (χ2v) is 6.83. The molecule has 0 amide bonds. The summed E-state index contributed by atoms with van der Waals surface area (Å²) in [5.74, 6) is -0.235. The van der Waals surface area contributed by atoms with Gasteiger partial charge in [-0.05, 0) is 25.3 Å². The Balaban J connectivity index is 1.47. The minimum absolute atomic E-state index is 0.00526. The third kappa shape index (κ3) is 4.10. The lowest BCUT2D eigenvalue weighted by molar-refractivity contribution is -0.138. The predicted octanol–water partition coefficient (Wildman–Crippen LogP) is 2.77. The van der Waals surface area contributed by atoms with E-state index in [1.54, 1.807) is 0 Å². The Morgan fingerprint density at radius 2 is 1.97 bits per heavy atom. The van der Waals surface area contributed by atoms with Crippen LogP contribution in [0.4, 0.5) is 19.1 Å². The highest BCUT2D eigenvalue weighted by atomic mass is 19.4. The van der Waals surface area contributed by atoms with Gasteiger partial charge in [-0.15, -0.1) is 5.10 Å². The average molecular weight is 407 g/mol. The molecule has 3 aromatic heterocycles. The molecule has 1 fully saturated rings. The first-order chi connectivity index (χ1) is 13.8. The lowest BCUT2D eigenvalue weighted by Crippen LogP contribution is -2.28. The lowest BCUT2D eigenvalue weighted by atomic mass is 9.85. The van der Waals surface area contributed by atoms with Gasteiger partial charge in [-0.1, -0.05) is 6.42 Å². The Hall–Kier alpha value is -3.31. The van der Waals surface area contributed by atoms with Crippen LogP contribution in [0.3, 0.4) is 0 Å². The summed E-state index contributed by atoms with van der Waals surface area (Å²) in [5.41, 5.74) is -1.01.